The van der Waals surface area contributed by atoms with Crippen LogP contribution in [0.4, 0.5) is 5.69 Å². The summed E-state index contributed by atoms with van der Waals surface area (Å²) in [5.74, 6) is 2.25. The highest BCUT2D eigenvalue weighted by atomic mass is 32.1. The van der Waals surface area contributed by atoms with Crippen LogP contribution in [0.3, 0.4) is 0 Å². The van der Waals surface area contributed by atoms with Crippen molar-refractivity contribution in [1.29, 1.82) is 0 Å². The quantitative estimate of drug-likeness (QED) is 0.255. The molecule has 0 radical (unpaired) electrons. The normalized spacial score (nSPS) is 16.8. The maximum Gasteiger partial charge on any atom is 0.174 e. The van der Waals surface area contributed by atoms with Crippen LogP contribution in [0, 0.1) is 0 Å². The highest BCUT2D eigenvalue weighted by molar-refractivity contribution is 7.80. The summed E-state index contributed by atoms with van der Waals surface area (Å²) in [5.41, 5.74) is 3.92. The lowest BCUT2D eigenvalue weighted by atomic mass is 10.0. The molecule has 7 nitrogen and oxygen atoms in total. The Bertz CT molecular complexity index is 1520. The predicted molar refractivity (Wildman–Crippen MR) is 151 cm³/mol. The molecular formula is C30H25N5O2S. The van der Waals surface area contributed by atoms with Crippen molar-refractivity contribution in [3.8, 4) is 22.9 Å². The summed E-state index contributed by atoms with van der Waals surface area (Å²) in [7, 11) is 1.64. The Morgan fingerprint density at radius 3 is 2.24 bits per heavy atom. The minimum atomic E-state index is -0.152. The minimum absolute atomic E-state index is 0.149. The molecule has 3 aromatic heterocycles. The van der Waals surface area contributed by atoms with Gasteiger partial charge in [0.25, 0.3) is 0 Å². The van der Waals surface area contributed by atoms with Crippen LogP contribution in [0.1, 0.15) is 23.5 Å². The van der Waals surface area contributed by atoms with E-state index < -0.39 is 0 Å². The fourth-order valence-electron chi connectivity index (χ4n) is 4.75. The minimum Gasteiger partial charge on any atom is -0.497 e. The number of pyridine rings is 2. The van der Waals surface area contributed by atoms with E-state index in [1.807, 2.05) is 104 Å². The number of aromatic nitrogens is 3. The van der Waals surface area contributed by atoms with Crippen molar-refractivity contribution in [2.45, 2.75) is 12.1 Å². The SMILES string of the molecule is COc1ccc(Oc2ccc(N3C(=S)N[C@H](c4ccccn4)[C@H]3c3cccn3-c3cccnc3)cc2)cc1. The molecule has 0 saturated carbocycles. The highest BCUT2D eigenvalue weighted by Gasteiger charge is 2.42. The summed E-state index contributed by atoms with van der Waals surface area (Å²) in [5, 5.41) is 4.16. The lowest BCUT2D eigenvalue weighted by molar-refractivity contribution is 0.413. The van der Waals surface area contributed by atoms with Crippen LogP contribution in [0.15, 0.2) is 116 Å². The van der Waals surface area contributed by atoms with E-state index in [2.05, 4.69) is 30.8 Å². The van der Waals surface area contributed by atoms with Crippen LogP contribution in [-0.4, -0.2) is 26.8 Å². The van der Waals surface area contributed by atoms with E-state index in [4.69, 9.17) is 21.7 Å². The molecule has 0 spiro atoms. The molecule has 1 saturated heterocycles. The molecule has 0 bridgehead atoms. The van der Waals surface area contributed by atoms with Gasteiger partial charge in [0.15, 0.2) is 5.11 Å². The number of ether oxygens (including phenoxy) is 2. The summed E-state index contributed by atoms with van der Waals surface area (Å²) in [6, 6.07) is 29.3. The van der Waals surface area contributed by atoms with E-state index >= 15 is 0 Å². The summed E-state index contributed by atoms with van der Waals surface area (Å²) >= 11 is 5.89. The third kappa shape index (κ3) is 4.57. The summed E-state index contributed by atoms with van der Waals surface area (Å²) in [6.45, 7) is 0. The standard InChI is InChI=1S/C30H25N5O2S/c1-36-23-13-15-25(16-14-23)37-24-11-9-21(10-12-24)35-29(28(33-30(35)38)26-7-2-3-18-32-26)27-8-5-19-34(27)22-6-4-17-31-20-22/h2-20,28-29H,1H3,(H,33,38)/t28-,29-/m1/s1. The molecule has 38 heavy (non-hydrogen) atoms. The van der Waals surface area contributed by atoms with Gasteiger partial charge in [-0.25, -0.2) is 0 Å². The van der Waals surface area contributed by atoms with Crippen LogP contribution in [-0.2, 0) is 0 Å². The number of methoxy groups -OCH3 is 1. The zero-order chi connectivity index (χ0) is 25.9. The van der Waals surface area contributed by atoms with E-state index in [0.717, 1.165) is 40.0 Å². The fourth-order valence-corrected chi connectivity index (χ4v) is 5.10. The van der Waals surface area contributed by atoms with Gasteiger partial charge in [0, 0.05) is 30.0 Å². The van der Waals surface area contributed by atoms with Crippen LogP contribution < -0.4 is 19.7 Å². The van der Waals surface area contributed by atoms with Crippen molar-refractivity contribution in [3.63, 3.8) is 0 Å². The van der Waals surface area contributed by atoms with E-state index in [1.165, 1.54) is 0 Å². The third-order valence-corrected chi connectivity index (χ3v) is 6.83. The smallest absolute Gasteiger partial charge is 0.174 e. The molecule has 1 aliphatic rings. The lowest BCUT2D eigenvalue weighted by Crippen LogP contribution is -2.30. The van der Waals surface area contributed by atoms with Gasteiger partial charge in [0.05, 0.1) is 30.7 Å². The maximum atomic E-state index is 6.05. The maximum absolute atomic E-state index is 6.05. The number of rotatable bonds is 7. The molecule has 8 heteroatoms. The molecule has 188 valence electrons. The molecule has 1 fully saturated rings. The number of benzene rings is 2. The highest BCUT2D eigenvalue weighted by Crippen LogP contribution is 2.42. The summed E-state index contributed by atoms with van der Waals surface area (Å²) < 4.78 is 13.4. The molecule has 5 aromatic rings. The Morgan fingerprint density at radius 2 is 1.55 bits per heavy atom. The molecule has 0 aliphatic carbocycles. The molecule has 1 N–H and O–H groups in total. The molecule has 0 unspecified atom stereocenters. The van der Waals surface area contributed by atoms with Crippen LogP contribution >= 0.6 is 12.2 Å². The molecule has 1 aliphatic heterocycles. The van der Waals surface area contributed by atoms with E-state index in [-0.39, 0.29) is 12.1 Å². The number of nitrogens with zero attached hydrogens (tertiary/aromatic N) is 4. The second kappa shape index (κ2) is 10.4. The Morgan fingerprint density at radius 1 is 0.789 bits per heavy atom. The zero-order valence-electron chi connectivity index (χ0n) is 20.6. The average molecular weight is 520 g/mol. The first-order chi connectivity index (χ1) is 18.7. The van der Waals surface area contributed by atoms with Crippen LogP contribution in [0.5, 0.6) is 17.2 Å². The summed E-state index contributed by atoms with van der Waals surface area (Å²) in [6.07, 6.45) is 7.49. The molecule has 2 aromatic carbocycles. The zero-order valence-corrected chi connectivity index (χ0v) is 21.5. The van der Waals surface area contributed by atoms with Gasteiger partial charge < -0.3 is 24.3 Å². The van der Waals surface area contributed by atoms with Gasteiger partial charge in [-0.05, 0) is 97.1 Å². The Kier molecular flexibility index (Phi) is 6.46. The molecule has 4 heterocycles. The monoisotopic (exact) mass is 519 g/mol. The first-order valence-corrected chi connectivity index (χ1v) is 12.6. The Hall–Kier alpha value is -4.69. The van der Waals surface area contributed by atoms with Crippen molar-refractivity contribution < 1.29 is 9.47 Å². The third-order valence-electron chi connectivity index (χ3n) is 6.52. The van der Waals surface area contributed by atoms with Crippen molar-refractivity contribution in [2.24, 2.45) is 0 Å². The largest absolute Gasteiger partial charge is 0.497 e. The summed E-state index contributed by atoms with van der Waals surface area (Å²) in [4.78, 5) is 11.1. The van der Waals surface area contributed by atoms with Gasteiger partial charge in [-0.15, -0.1) is 0 Å². The van der Waals surface area contributed by atoms with Crippen LogP contribution in [0.2, 0.25) is 0 Å². The van der Waals surface area contributed by atoms with Gasteiger partial charge >= 0.3 is 0 Å². The Labute approximate surface area is 226 Å². The molecule has 2 atom stereocenters. The number of thiocarbonyl (C=S) groups is 1. The van der Waals surface area contributed by atoms with E-state index in [9.17, 15) is 0 Å². The van der Waals surface area contributed by atoms with Crippen molar-refractivity contribution in [2.75, 3.05) is 12.0 Å². The number of hydrogen-bond acceptors (Lipinski definition) is 5. The van der Waals surface area contributed by atoms with Gasteiger partial charge in [-0.2, -0.15) is 0 Å². The second-order valence-electron chi connectivity index (χ2n) is 8.78. The first-order valence-electron chi connectivity index (χ1n) is 12.2. The first kappa shape index (κ1) is 23.7. The molecule has 0 amide bonds. The second-order valence-corrected chi connectivity index (χ2v) is 9.17. The van der Waals surface area contributed by atoms with Crippen molar-refractivity contribution in [3.05, 3.63) is 127 Å². The fraction of sp³-hybridized carbons (Fsp3) is 0.100. The van der Waals surface area contributed by atoms with Gasteiger partial charge in [-0.1, -0.05) is 6.07 Å². The van der Waals surface area contributed by atoms with E-state index in [0.29, 0.717) is 5.11 Å². The predicted octanol–water partition coefficient (Wildman–Crippen LogP) is 6.25. The van der Waals surface area contributed by atoms with Gasteiger partial charge in [0.1, 0.15) is 23.3 Å². The van der Waals surface area contributed by atoms with Crippen molar-refractivity contribution >= 4 is 23.0 Å². The lowest BCUT2D eigenvalue weighted by Gasteiger charge is -2.29. The topological polar surface area (TPSA) is 64.4 Å². The Balaban J connectivity index is 1.36. The molecular weight excluding hydrogens is 494 g/mol. The van der Waals surface area contributed by atoms with Crippen LogP contribution in [0.25, 0.3) is 5.69 Å². The number of nitrogens with one attached hydrogen (secondary N) is 1. The van der Waals surface area contributed by atoms with E-state index in [1.54, 1.807) is 13.3 Å². The van der Waals surface area contributed by atoms with Gasteiger partial charge in [-0.3, -0.25) is 9.97 Å². The number of hydrogen-bond donors (Lipinski definition) is 1. The average Bonchev–Trinajstić information content (AvgIpc) is 3.59. The number of anilines is 1. The molecule has 6 rings (SSSR count). The van der Waals surface area contributed by atoms with Crippen molar-refractivity contribution in [1.82, 2.24) is 19.9 Å². The van der Waals surface area contributed by atoms with Gasteiger partial charge in [0.2, 0.25) is 0 Å².